The topological polar surface area (TPSA) is 61.8 Å². The van der Waals surface area contributed by atoms with Gasteiger partial charge in [0.1, 0.15) is 5.71 Å². The molecule has 4 rings (SSSR count). The van der Waals surface area contributed by atoms with Crippen molar-refractivity contribution in [2.75, 3.05) is 13.2 Å². The summed E-state index contributed by atoms with van der Waals surface area (Å²) in [6.07, 6.45) is 0.167. The van der Waals surface area contributed by atoms with Crippen LogP contribution in [-0.2, 0) is 24.0 Å². The van der Waals surface area contributed by atoms with Crippen LogP contribution in [0.1, 0.15) is 32.3 Å². The normalized spacial score (nSPS) is 35.2. The lowest BCUT2D eigenvalue weighted by molar-refractivity contribution is -0.465. The zero-order valence-electron chi connectivity index (χ0n) is 13.9. The quantitative estimate of drug-likeness (QED) is 0.823. The van der Waals surface area contributed by atoms with Crippen LogP contribution in [0.15, 0.2) is 35.5 Å². The van der Waals surface area contributed by atoms with E-state index in [0.29, 0.717) is 26.1 Å². The highest BCUT2D eigenvalue weighted by Crippen LogP contribution is 2.47. The molecule has 0 aliphatic carbocycles. The van der Waals surface area contributed by atoms with E-state index in [9.17, 15) is 0 Å². The molecule has 0 saturated carbocycles. The van der Waals surface area contributed by atoms with Gasteiger partial charge >= 0.3 is 0 Å². The minimum absolute atomic E-state index is 0.205. The second-order valence-corrected chi connectivity index (χ2v) is 6.00. The number of nitrogens with zero attached hydrogens (tertiary/aromatic N) is 2. The van der Waals surface area contributed by atoms with E-state index in [0.717, 1.165) is 11.3 Å². The molecule has 3 aliphatic rings. The average Bonchev–Trinajstić information content (AvgIpc) is 3.13. The van der Waals surface area contributed by atoms with Gasteiger partial charge in [0.2, 0.25) is 0 Å². The molecule has 3 heterocycles. The van der Waals surface area contributed by atoms with Crippen molar-refractivity contribution in [3.63, 3.8) is 0 Å². The molecule has 0 aromatic heterocycles. The maximum absolute atomic E-state index is 5.93. The highest BCUT2D eigenvalue weighted by molar-refractivity contribution is 6.08. The molecular formula is C17H22N2O5. The fraction of sp³-hybridized carbons (Fsp3) is 0.588. The average molecular weight is 334 g/mol. The number of ether oxygens (including phenoxy) is 2. The van der Waals surface area contributed by atoms with Crippen molar-refractivity contribution in [1.29, 1.82) is 0 Å². The van der Waals surface area contributed by atoms with Crippen molar-refractivity contribution in [1.82, 2.24) is 5.23 Å². The first-order chi connectivity index (χ1) is 11.8. The van der Waals surface area contributed by atoms with Crippen LogP contribution in [0.3, 0.4) is 0 Å². The summed E-state index contributed by atoms with van der Waals surface area (Å²) in [5.41, 5.74) is 1.18. The lowest BCUT2D eigenvalue weighted by Crippen LogP contribution is -2.61. The van der Waals surface area contributed by atoms with E-state index < -0.39 is 18.1 Å². The van der Waals surface area contributed by atoms with Crippen molar-refractivity contribution in [2.45, 2.75) is 50.9 Å². The van der Waals surface area contributed by atoms with Gasteiger partial charge in [-0.2, -0.15) is 0 Å². The Kier molecular flexibility index (Phi) is 4.28. The number of hydrogen-bond donors (Lipinski definition) is 0. The van der Waals surface area contributed by atoms with Crippen LogP contribution < -0.4 is 0 Å². The first-order valence-electron chi connectivity index (χ1n) is 8.44. The third-order valence-electron chi connectivity index (χ3n) is 4.60. The lowest BCUT2D eigenvalue weighted by Gasteiger charge is -2.41. The molecule has 7 heteroatoms. The molecule has 0 amide bonds. The summed E-state index contributed by atoms with van der Waals surface area (Å²) in [4.78, 5) is 17.6. The van der Waals surface area contributed by atoms with Gasteiger partial charge in [-0.3, -0.25) is 0 Å². The number of benzene rings is 1. The highest BCUT2D eigenvalue weighted by Gasteiger charge is 2.65. The zero-order valence-corrected chi connectivity index (χ0v) is 13.9. The molecule has 0 radical (unpaired) electrons. The maximum Gasteiger partial charge on any atom is 0.183 e. The highest BCUT2D eigenvalue weighted by atomic mass is 17.0. The summed E-state index contributed by atoms with van der Waals surface area (Å²) in [6.45, 7) is 4.99. The summed E-state index contributed by atoms with van der Waals surface area (Å²) in [6, 6.07) is 9.97. The Morgan fingerprint density at radius 1 is 1.12 bits per heavy atom. The van der Waals surface area contributed by atoms with E-state index in [1.165, 1.54) is 5.23 Å². The van der Waals surface area contributed by atoms with Gasteiger partial charge in [0.25, 0.3) is 0 Å². The lowest BCUT2D eigenvalue weighted by atomic mass is 9.80. The minimum atomic E-state index is -0.616. The molecule has 1 aromatic carbocycles. The standard InChI is InChI=1S/C17H22N2O5/c1-3-20-14-10-13-17(11-15(21-4-2)24-19(17)23-14)16(18-22-13)12-8-6-5-7-9-12/h5-9,13-15H,3-4,10-11H2,1-2H3/t13-,14-,15+,17+/m0/s1. The molecule has 3 aliphatic heterocycles. The molecule has 2 saturated heterocycles. The molecule has 4 atom stereocenters. The summed E-state index contributed by atoms with van der Waals surface area (Å²) in [5, 5.41) is 5.88. The van der Waals surface area contributed by atoms with Crippen molar-refractivity contribution >= 4 is 5.71 Å². The largest absolute Gasteiger partial charge is 0.389 e. The van der Waals surface area contributed by atoms with Gasteiger partial charge in [0.15, 0.2) is 24.2 Å². The van der Waals surface area contributed by atoms with Crippen LogP contribution in [0.4, 0.5) is 0 Å². The van der Waals surface area contributed by atoms with Gasteiger partial charge in [-0.05, 0) is 19.1 Å². The predicted octanol–water partition coefficient (Wildman–Crippen LogP) is 2.23. The molecule has 24 heavy (non-hydrogen) atoms. The first kappa shape index (κ1) is 16.0. The van der Waals surface area contributed by atoms with Crippen molar-refractivity contribution in [3.05, 3.63) is 35.9 Å². The van der Waals surface area contributed by atoms with Gasteiger partial charge in [-0.1, -0.05) is 35.5 Å². The summed E-state index contributed by atoms with van der Waals surface area (Å²) in [7, 11) is 0. The van der Waals surface area contributed by atoms with Gasteiger partial charge in [0.05, 0.1) is 0 Å². The zero-order chi connectivity index (χ0) is 16.6. The van der Waals surface area contributed by atoms with Crippen LogP contribution in [-0.4, -0.2) is 48.4 Å². The van der Waals surface area contributed by atoms with E-state index in [1.807, 2.05) is 44.2 Å². The van der Waals surface area contributed by atoms with Crippen molar-refractivity contribution in [3.8, 4) is 0 Å². The van der Waals surface area contributed by atoms with Gasteiger partial charge in [-0.25, -0.2) is 9.68 Å². The predicted molar refractivity (Wildman–Crippen MR) is 84.7 cm³/mol. The summed E-state index contributed by atoms with van der Waals surface area (Å²) in [5.74, 6) is 0. The molecule has 1 aromatic rings. The van der Waals surface area contributed by atoms with Gasteiger partial charge in [-0.15, -0.1) is 0 Å². The molecule has 7 nitrogen and oxygen atoms in total. The number of rotatable bonds is 5. The third kappa shape index (κ3) is 2.44. The Hall–Kier alpha value is -1.51. The number of hydrogen-bond acceptors (Lipinski definition) is 7. The van der Waals surface area contributed by atoms with Crippen LogP contribution in [0.5, 0.6) is 0 Å². The Morgan fingerprint density at radius 3 is 2.58 bits per heavy atom. The fourth-order valence-electron chi connectivity index (χ4n) is 3.57. The first-order valence-corrected chi connectivity index (χ1v) is 8.44. The van der Waals surface area contributed by atoms with Crippen LogP contribution in [0.2, 0.25) is 0 Å². The minimum Gasteiger partial charge on any atom is -0.389 e. The SMILES string of the molecule is CCO[C@H]1C[C@]23C(c4ccccc4)=NO[C@H]2C[C@@H](OCC)ON3O1. The monoisotopic (exact) mass is 334 g/mol. The second-order valence-electron chi connectivity index (χ2n) is 6.00. The Morgan fingerprint density at radius 2 is 1.83 bits per heavy atom. The van der Waals surface area contributed by atoms with E-state index in [2.05, 4.69) is 5.16 Å². The molecule has 0 bridgehead atoms. The summed E-state index contributed by atoms with van der Waals surface area (Å²) < 4.78 is 11.3. The Labute approximate surface area is 141 Å². The van der Waals surface area contributed by atoms with Crippen LogP contribution in [0.25, 0.3) is 0 Å². The van der Waals surface area contributed by atoms with Crippen molar-refractivity contribution in [2.24, 2.45) is 5.16 Å². The Bertz CT molecular complexity index is 610. The number of hydroxylamine groups is 2. The van der Waals surface area contributed by atoms with E-state index in [-0.39, 0.29) is 6.10 Å². The second kappa shape index (κ2) is 6.42. The summed E-state index contributed by atoms with van der Waals surface area (Å²) >= 11 is 0. The fourth-order valence-corrected chi connectivity index (χ4v) is 3.57. The number of oxime groups is 1. The van der Waals surface area contributed by atoms with Crippen LogP contribution >= 0.6 is 0 Å². The molecule has 2 fully saturated rings. The van der Waals surface area contributed by atoms with Gasteiger partial charge in [0, 0.05) is 31.6 Å². The van der Waals surface area contributed by atoms with E-state index in [1.54, 1.807) is 0 Å². The van der Waals surface area contributed by atoms with Crippen molar-refractivity contribution < 1.29 is 24.0 Å². The molecule has 1 spiro atoms. The van der Waals surface area contributed by atoms with Crippen LogP contribution in [0, 0.1) is 0 Å². The molecule has 130 valence electrons. The molecule has 0 unspecified atom stereocenters. The van der Waals surface area contributed by atoms with E-state index in [4.69, 9.17) is 24.0 Å². The van der Waals surface area contributed by atoms with Gasteiger partial charge < -0.3 is 14.3 Å². The van der Waals surface area contributed by atoms with E-state index >= 15 is 0 Å². The molecular weight excluding hydrogens is 312 g/mol. The third-order valence-corrected chi connectivity index (χ3v) is 4.60. The smallest absolute Gasteiger partial charge is 0.183 e. The maximum atomic E-state index is 5.93. The Balaban J connectivity index is 1.68. The molecule has 0 N–H and O–H groups in total.